The zero-order valence-electron chi connectivity index (χ0n) is 11.9. The maximum Gasteiger partial charge on any atom is 0.252 e. The van der Waals surface area contributed by atoms with Crippen molar-refractivity contribution in [2.75, 3.05) is 5.32 Å². The van der Waals surface area contributed by atoms with Crippen LogP contribution in [-0.2, 0) is 9.59 Å². The molecule has 0 aromatic carbocycles. The van der Waals surface area contributed by atoms with Crippen LogP contribution in [0.4, 0.5) is 5.82 Å². The number of rotatable bonds is 3. The van der Waals surface area contributed by atoms with Crippen molar-refractivity contribution in [3.05, 3.63) is 22.3 Å². The Morgan fingerprint density at radius 2 is 2.05 bits per heavy atom. The molecule has 2 amide bonds. The Labute approximate surface area is 132 Å². The second kappa shape index (κ2) is 5.75. The predicted octanol–water partition coefficient (Wildman–Crippen LogP) is 2.63. The molecule has 1 aromatic rings. The molecule has 2 aliphatic rings. The quantitative estimate of drug-likeness (QED) is 0.850. The highest BCUT2D eigenvalue weighted by molar-refractivity contribution is 9.10. The summed E-state index contributed by atoms with van der Waals surface area (Å²) in [6.45, 7) is 1.93. The first kappa shape index (κ1) is 14.5. The molecule has 3 rings (SSSR count). The summed E-state index contributed by atoms with van der Waals surface area (Å²) in [6.07, 6.45) is 6.01. The molecule has 1 unspecified atom stereocenters. The van der Waals surface area contributed by atoms with Crippen molar-refractivity contribution in [3.8, 4) is 0 Å². The minimum absolute atomic E-state index is 0.0563. The Kier molecular flexibility index (Phi) is 3.97. The number of anilines is 1. The van der Waals surface area contributed by atoms with E-state index in [0.717, 1.165) is 35.7 Å². The lowest BCUT2D eigenvalue weighted by molar-refractivity contribution is -0.141. The summed E-state index contributed by atoms with van der Waals surface area (Å²) in [7, 11) is 0. The molecular formula is C15H18BrN3O2. The fraction of sp³-hybridized carbons (Fsp3) is 0.533. The Morgan fingerprint density at radius 3 is 2.71 bits per heavy atom. The number of imide groups is 1. The minimum atomic E-state index is -0.481. The van der Waals surface area contributed by atoms with E-state index in [4.69, 9.17) is 0 Å². The van der Waals surface area contributed by atoms with Crippen molar-refractivity contribution in [1.29, 1.82) is 0 Å². The van der Waals surface area contributed by atoms with Gasteiger partial charge in [0.05, 0.1) is 6.42 Å². The molecule has 0 bridgehead atoms. The molecule has 2 heterocycles. The molecule has 1 aromatic heterocycles. The number of carbonyl (C=O) groups is 2. The van der Waals surface area contributed by atoms with Crippen molar-refractivity contribution in [2.45, 2.75) is 51.1 Å². The summed E-state index contributed by atoms with van der Waals surface area (Å²) < 4.78 is 0.895. The standard InChI is InChI=1S/C15H18BrN3O2/c1-9-6-10(16)8-17-14(9)18-12-7-13(20)19(15(12)21)11-4-2-3-5-11/h6,8,11-12H,2-5,7H2,1H3,(H,17,18). The molecule has 2 fully saturated rings. The van der Waals surface area contributed by atoms with E-state index in [2.05, 4.69) is 26.2 Å². The van der Waals surface area contributed by atoms with Crippen LogP contribution in [0.3, 0.4) is 0 Å². The molecule has 1 saturated heterocycles. The van der Waals surface area contributed by atoms with Crippen LogP contribution in [0, 0.1) is 6.92 Å². The van der Waals surface area contributed by atoms with Gasteiger partial charge in [-0.15, -0.1) is 0 Å². The van der Waals surface area contributed by atoms with Gasteiger partial charge >= 0.3 is 0 Å². The lowest BCUT2D eigenvalue weighted by Crippen LogP contribution is -2.41. The van der Waals surface area contributed by atoms with E-state index < -0.39 is 6.04 Å². The normalized spacial score (nSPS) is 23.1. The molecule has 1 aliphatic carbocycles. The molecule has 1 N–H and O–H groups in total. The fourth-order valence-corrected chi connectivity index (χ4v) is 3.61. The smallest absolute Gasteiger partial charge is 0.252 e. The van der Waals surface area contributed by atoms with Gasteiger partial charge < -0.3 is 5.32 Å². The number of aryl methyl sites for hydroxylation is 1. The second-order valence-electron chi connectivity index (χ2n) is 5.76. The molecule has 0 radical (unpaired) electrons. The lowest BCUT2D eigenvalue weighted by Gasteiger charge is -2.22. The number of halogens is 1. The first-order valence-corrected chi connectivity index (χ1v) is 8.10. The van der Waals surface area contributed by atoms with Crippen molar-refractivity contribution in [2.24, 2.45) is 0 Å². The Balaban J connectivity index is 1.75. The van der Waals surface area contributed by atoms with Gasteiger partial charge in [0, 0.05) is 16.7 Å². The average molecular weight is 352 g/mol. The Morgan fingerprint density at radius 1 is 1.33 bits per heavy atom. The molecule has 1 atom stereocenters. The number of aromatic nitrogens is 1. The number of likely N-dealkylation sites (tertiary alicyclic amines) is 1. The number of carbonyl (C=O) groups excluding carboxylic acids is 2. The second-order valence-corrected chi connectivity index (χ2v) is 6.68. The SMILES string of the molecule is Cc1cc(Br)cnc1NC1CC(=O)N(C2CCCC2)C1=O. The third kappa shape index (κ3) is 2.81. The third-order valence-electron chi connectivity index (χ3n) is 4.23. The maximum atomic E-state index is 12.5. The van der Waals surface area contributed by atoms with E-state index in [0.29, 0.717) is 5.82 Å². The van der Waals surface area contributed by atoms with Crippen LogP contribution in [0.25, 0.3) is 0 Å². The molecule has 0 spiro atoms. The molecule has 21 heavy (non-hydrogen) atoms. The third-order valence-corrected chi connectivity index (χ3v) is 4.66. The predicted molar refractivity (Wildman–Crippen MR) is 82.8 cm³/mol. The summed E-state index contributed by atoms with van der Waals surface area (Å²) in [6, 6.07) is 1.56. The van der Waals surface area contributed by atoms with Crippen LogP contribution in [-0.4, -0.2) is 33.8 Å². The van der Waals surface area contributed by atoms with Crippen molar-refractivity contribution < 1.29 is 9.59 Å². The van der Waals surface area contributed by atoms with Gasteiger partial charge in [-0.05, 0) is 47.3 Å². The summed E-state index contributed by atoms with van der Waals surface area (Å²) in [5, 5.41) is 3.13. The van der Waals surface area contributed by atoms with Gasteiger partial charge in [0.2, 0.25) is 5.91 Å². The van der Waals surface area contributed by atoms with E-state index in [1.54, 1.807) is 6.20 Å². The summed E-state index contributed by atoms with van der Waals surface area (Å²) in [5.41, 5.74) is 0.948. The van der Waals surface area contributed by atoms with Crippen LogP contribution in [0.5, 0.6) is 0 Å². The van der Waals surface area contributed by atoms with Gasteiger partial charge in [-0.3, -0.25) is 14.5 Å². The average Bonchev–Trinajstić information content (AvgIpc) is 3.02. The van der Waals surface area contributed by atoms with Crippen LogP contribution in [0.1, 0.15) is 37.7 Å². The molecule has 5 nitrogen and oxygen atoms in total. The first-order valence-electron chi connectivity index (χ1n) is 7.31. The zero-order valence-corrected chi connectivity index (χ0v) is 13.5. The number of hydrogen-bond acceptors (Lipinski definition) is 4. The van der Waals surface area contributed by atoms with E-state index in [1.165, 1.54) is 4.90 Å². The van der Waals surface area contributed by atoms with Crippen LogP contribution in [0.15, 0.2) is 16.7 Å². The number of nitrogens with zero attached hydrogens (tertiary/aromatic N) is 2. The number of amides is 2. The minimum Gasteiger partial charge on any atom is -0.358 e. The molecule has 112 valence electrons. The van der Waals surface area contributed by atoms with Crippen LogP contribution < -0.4 is 5.32 Å². The number of hydrogen-bond donors (Lipinski definition) is 1. The fourth-order valence-electron chi connectivity index (χ4n) is 3.17. The molecule has 1 aliphatic heterocycles. The zero-order chi connectivity index (χ0) is 15.0. The van der Waals surface area contributed by atoms with Gasteiger partial charge in [0.1, 0.15) is 11.9 Å². The highest BCUT2D eigenvalue weighted by atomic mass is 79.9. The summed E-state index contributed by atoms with van der Waals surface area (Å²) in [4.78, 5) is 30.4. The number of nitrogens with one attached hydrogen (secondary N) is 1. The van der Waals surface area contributed by atoms with Gasteiger partial charge in [0.25, 0.3) is 5.91 Å². The van der Waals surface area contributed by atoms with Crippen LogP contribution >= 0.6 is 15.9 Å². The molecule has 6 heteroatoms. The summed E-state index contributed by atoms with van der Waals surface area (Å²) >= 11 is 3.37. The van der Waals surface area contributed by atoms with Crippen LogP contribution in [0.2, 0.25) is 0 Å². The first-order chi connectivity index (χ1) is 10.1. The summed E-state index contributed by atoms with van der Waals surface area (Å²) in [5.74, 6) is 0.507. The maximum absolute atomic E-state index is 12.5. The highest BCUT2D eigenvalue weighted by Gasteiger charge is 2.43. The molecule has 1 saturated carbocycles. The number of pyridine rings is 1. The highest BCUT2D eigenvalue weighted by Crippen LogP contribution is 2.29. The van der Waals surface area contributed by atoms with E-state index in [-0.39, 0.29) is 24.3 Å². The van der Waals surface area contributed by atoms with Crippen molar-refractivity contribution in [1.82, 2.24) is 9.88 Å². The van der Waals surface area contributed by atoms with Gasteiger partial charge in [-0.25, -0.2) is 4.98 Å². The van der Waals surface area contributed by atoms with Crippen molar-refractivity contribution >= 4 is 33.6 Å². The Bertz CT molecular complexity index is 584. The topological polar surface area (TPSA) is 62.3 Å². The van der Waals surface area contributed by atoms with Crippen molar-refractivity contribution in [3.63, 3.8) is 0 Å². The van der Waals surface area contributed by atoms with Gasteiger partial charge in [0.15, 0.2) is 0 Å². The van der Waals surface area contributed by atoms with Gasteiger partial charge in [-0.2, -0.15) is 0 Å². The lowest BCUT2D eigenvalue weighted by atomic mass is 10.2. The molecular weight excluding hydrogens is 334 g/mol. The van der Waals surface area contributed by atoms with E-state index in [1.807, 2.05) is 13.0 Å². The van der Waals surface area contributed by atoms with E-state index in [9.17, 15) is 9.59 Å². The Hall–Kier alpha value is -1.43. The largest absolute Gasteiger partial charge is 0.358 e. The monoisotopic (exact) mass is 351 g/mol. The van der Waals surface area contributed by atoms with E-state index >= 15 is 0 Å². The van der Waals surface area contributed by atoms with Gasteiger partial charge in [-0.1, -0.05) is 12.8 Å².